The van der Waals surface area contributed by atoms with Crippen molar-refractivity contribution < 1.29 is 26.3 Å². The van der Waals surface area contributed by atoms with Gasteiger partial charge in [-0.1, -0.05) is 31.5 Å². The van der Waals surface area contributed by atoms with E-state index >= 15 is 0 Å². The Morgan fingerprint density at radius 1 is 0.968 bits per heavy atom. The molecule has 0 spiro atoms. The van der Waals surface area contributed by atoms with Gasteiger partial charge in [-0.05, 0) is 60.2 Å². The Hall–Kier alpha value is -1.93. The zero-order chi connectivity index (χ0) is 23.0. The van der Waals surface area contributed by atoms with Crippen molar-refractivity contribution in [2.45, 2.75) is 57.7 Å². The van der Waals surface area contributed by atoms with Crippen molar-refractivity contribution in [2.75, 3.05) is 5.32 Å². The summed E-state index contributed by atoms with van der Waals surface area (Å²) in [6.07, 6.45) is -8.26. The van der Waals surface area contributed by atoms with E-state index in [2.05, 4.69) is 24.5 Å². The molecular weight excluding hydrogens is 442 g/mol. The highest BCUT2D eigenvalue weighted by molar-refractivity contribution is 6.30. The molecule has 0 saturated heterocycles. The first kappa shape index (κ1) is 23.7. The molecule has 0 radical (unpaired) electrons. The fourth-order valence-electron chi connectivity index (χ4n) is 3.81. The lowest BCUT2D eigenvalue weighted by Gasteiger charge is -2.21. The Morgan fingerprint density at radius 2 is 1.58 bits per heavy atom. The zero-order valence-electron chi connectivity index (χ0n) is 17.0. The molecule has 1 aliphatic rings. The summed E-state index contributed by atoms with van der Waals surface area (Å²) in [5, 5.41) is 7.16. The fraction of sp³-hybridized carbons (Fsp3) is 0.455. The van der Waals surface area contributed by atoms with Gasteiger partial charge < -0.3 is 10.6 Å². The lowest BCUT2D eigenvalue weighted by Crippen LogP contribution is -2.25. The largest absolute Gasteiger partial charge is 0.416 e. The summed E-state index contributed by atoms with van der Waals surface area (Å²) in [4.78, 5) is 0. The Kier molecular flexibility index (Phi) is 6.81. The van der Waals surface area contributed by atoms with Gasteiger partial charge in [0.1, 0.15) is 0 Å². The molecule has 3 rings (SSSR count). The van der Waals surface area contributed by atoms with E-state index in [-0.39, 0.29) is 30.3 Å². The van der Waals surface area contributed by atoms with Crippen LogP contribution < -0.4 is 10.6 Å². The van der Waals surface area contributed by atoms with Crippen LogP contribution >= 0.6 is 11.6 Å². The summed E-state index contributed by atoms with van der Waals surface area (Å²) in [7, 11) is 0. The number of alkyl halides is 6. The number of fused-ring (bicyclic) bond motifs is 1. The van der Waals surface area contributed by atoms with Crippen molar-refractivity contribution in [1.82, 2.24) is 5.32 Å². The van der Waals surface area contributed by atoms with Gasteiger partial charge in [0.05, 0.1) is 11.1 Å². The van der Waals surface area contributed by atoms with E-state index in [0.717, 1.165) is 29.8 Å². The van der Waals surface area contributed by atoms with Crippen LogP contribution in [-0.4, -0.2) is 6.04 Å². The smallest absolute Gasteiger partial charge is 0.382 e. The molecule has 0 amide bonds. The molecule has 0 aliphatic carbocycles. The number of anilines is 1. The molecule has 2 aromatic rings. The van der Waals surface area contributed by atoms with Gasteiger partial charge in [0.25, 0.3) is 0 Å². The molecule has 31 heavy (non-hydrogen) atoms. The first-order valence-corrected chi connectivity index (χ1v) is 10.3. The Balaban J connectivity index is 1.88. The van der Waals surface area contributed by atoms with Crippen molar-refractivity contribution in [3.63, 3.8) is 0 Å². The molecule has 2 N–H and O–H groups in total. The molecule has 2 aromatic carbocycles. The van der Waals surface area contributed by atoms with Gasteiger partial charge in [-0.2, -0.15) is 26.3 Å². The van der Waals surface area contributed by atoms with Crippen LogP contribution in [0.25, 0.3) is 0 Å². The van der Waals surface area contributed by atoms with Crippen LogP contribution in [-0.2, 0) is 18.9 Å². The maximum Gasteiger partial charge on any atom is 0.416 e. The summed E-state index contributed by atoms with van der Waals surface area (Å²) in [5.41, 5.74) is -0.991. The second-order valence-electron chi connectivity index (χ2n) is 8.15. The van der Waals surface area contributed by atoms with E-state index in [0.29, 0.717) is 17.4 Å². The molecule has 170 valence electrons. The van der Waals surface area contributed by atoms with Crippen molar-refractivity contribution in [3.05, 3.63) is 63.7 Å². The lowest BCUT2D eigenvalue weighted by atomic mass is 9.96. The minimum atomic E-state index is -4.86. The van der Waals surface area contributed by atoms with Gasteiger partial charge >= 0.3 is 12.4 Å². The Labute approximate surface area is 182 Å². The van der Waals surface area contributed by atoms with Gasteiger partial charge in [-0.15, -0.1) is 0 Å². The van der Waals surface area contributed by atoms with E-state index in [1.165, 1.54) is 0 Å². The molecule has 0 saturated carbocycles. The number of hydrogen-bond donors (Lipinski definition) is 2. The van der Waals surface area contributed by atoms with Gasteiger partial charge in [0, 0.05) is 29.3 Å². The van der Waals surface area contributed by atoms with Crippen LogP contribution in [0.15, 0.2) is 36.4 Å². The molecule has 1 heterocycles. The lowest BCUT2D eigenvalue weighted by molar-refractivity contribution is -0.143. The highest BCUT2D eigenvalue weighted by Gasteiger charge is 2.37. The summed E-state index contributed by atoms with van der Waals surface area (Å²) >= 11 is 6.12. The average Bonchev–Trinajstić information content (AvgIpc) is 2.83. The molecule has 0 bridgehead atoms. The second kappa shape index (κ2) is 8.90. The van der Waals surface area contributed by atoms with Crippen LogP contribution in [0.1, 0.15) is 55.0 Å². The van der Waals surface area contributed by atoms with E-state index in [1.807, 2.05) is 6.07 Å². The zero-order valence-corrected chi connectivity index (χ0v) is 17.7. The summed E-state index contributed by atoms with van der Waals surface area (Å²) in [5.74, 6) is 0.336. The average molecular weight is 465 g/mol. The van der Waals surface area contributed by atoms with Gasteiger partial charge in [0.2, 0.25) is 0 Å². The summed E-state index contributed by atoms with van der Waals surface area (Å²) in [6, 6.07) is 6.94. The SMILES string of the molecule is CC(C)C1CCC(NCc2cc(C(F)(F)F)cc(C(F)(F)F)c2)c2ccc(Cl)cc2N1. The number of nitrogens with one attached hydrogen (secondary N) is 2. The summed E-state index contributed by atoms with van der Waals surface area (Å²) in [6.45, 7) is 4.03. The normalized spacial score (nSPS) is 19.7. The van der Waals surface area contributed by atoms with Crippen LogP contribution in [0.2, 0.25) is 5.02 Å². The van der Waals surface area contributed by atoms with Crippen LogP contribution in [0.4, 0.5) is 32.0 Å². The minimum absolute atomic E-state index is 0.0738. The molecule has 2 unspecified atom stereocenters. The maximum atomic E-state index is 13.1. The maximum absolute atomic E-state index is 13.1. The monoisotopic (exact) mass is 464 g/mol. The third-order valence-corrected chi connectivity index (χ3v) is 5.74. The van der Waals surface area contributed by atoms with E-state index < -0.39 is 23.5 Å². The first-order valence-electron chi connectivity index (χ1n) is 9.92. The first-order chi connectivity index (χ1) is 14.3. The Bertz CT molecular complexity index is 891. The van der Waals surface area contributed by atoms with Crippen LogP contribution in [0, 0.1) is 5.92 Å². The molecule has 9 heteroatoms. The molecule has 2 nitrogen and oxygen atoms in total. The van der Waals surface area contributed by atoms with Crippen LogP contribution in [0.5, 0.6) is 0 Å². The van der Waals surface area contributed by atoms with Crippen molar-refractivity contribution in [1.29, 1.82) is 0 Å². The number of hydrogen-bond acceptors (Lipinski definition) is 2. The van der Waals surface area contributed by atoms with E-state index in [4.69, 9.17) is 11.6 Å². The van der Waals surface area contributed by atoms with Gasteiger partial charge in [-0.25, -0.2) is 0 Å². The van der Waals surface area contributed by atoms with Gasteiger partial charge in [0.15, 0.2) is 0 Å². The van der Waals surface area contributed by atoms with E-state index in [1.54, 1.807) is 12.1 Å². The van der Waals surface area contributed by atoms with Crippen molar-refractivity contribution in [3.8, 4) is 0 Å². The highest BCUT2D eigenvalue weighted by atomic mass is 35.5. The predicted molar refractivity (Wildman–Crippen MR) is 109 cm³/mol. The third-order valence-electron chi connectivity index (χ3n) is 5.50. The molecule has 2 atom stereocenters. The third kappa shape index (κ3) is 5.86. The number of rotatable bonds is 4. The fourth-order valence-corrected chi connectivity index (χ4v) is 3.98. The van der Waals surface area contributed by atoms with E-state index in [9.17, 15) is 26.3 Å². The van der Waals surface area contributed by atoms with Crippen molar-refractivity contribution in [2.24, 2.45) is 5.92 Å². The predicted octanol–water partition coefficient (Wildman–Crippen LogP) is 7.44. The quantitative estimate of drug-likeness (QED) is 0.459. The molecule has 0 fully saturated rings. The van der Waals surface area contributed by atoms with Crippen molar-refractivity contribution >= 4 is 17.3 Å². The standard InChI is InChI=1S/C22H23ClF6N2/c1-12(2)18-5-6-19(17-4-3-16(23)10-20(17)31-18)30-11-13-7-14(21(24,25)26)9-15(8-13)22(27,28)29/h3-4,7-10,12,18-19,30-31H,5-6,11H2,1-2H3. The Morgan fingerprint density at radius 3 is 2.13 bits per heavy atom. The molecule has 1 aliphatic heterocycles. The topological polar surface area (TPSA) is 24.1 Å². The summed E-state index contributed by atoms with van der Waals surface area (Å²) < 4.78 is 78.8. The molecular formula is C22H23ClF6N2. The second-order valence-corrected chi connectivity index (χ2v) is 8.59. The van der Waals surface area contributed by atoms with Crippen LogP contribution in [0.3, 0.4) is 0 Å². The number of halogens is 7. The molecule has 0 aromatic heterocycles. The highest BCUT2D eigenvalue weighted by Crippen LogP contribution is 2.38. The van der Waals surface area contributed by atoms with Gasteiger partial charge in [-0.3, -0.25) is 0 Å². The minimum Gasteiger partial charge on any atom is -0.382 e. The number of benzene rings is 2.